The molecule has 0 bridgehead atoms. The number of hydrogen-bond donors (Lipinski definition) is 1. The highest BCUT2D eigenvalue weighted by Gasteiger charge is 2.18. The van der Waals surface area contributed by atoms with Crippen LogP contribution in [-0.2, 0) is 6.54 Å². The molecule has 1 atom stereocenters. The molecule has 0 aliphatic heterocycles. The van der Waals surface area contributed by atoms with E-state index in [0.717, 1.165) is 32.1 Å². The fourth-order valence-corrected chi connectivity index (χ4v) is 4.45. The maximum absolute atomic E-state index is 13.0. The minimum absolute atomic E-state index is 0.0218. The summed E-state index contributed by atoms with van der Waals surface area (Å²) in [6.45, 7) is 2.59. The van der Waals surface area contributed by atoms with Gasteiger partial charge >= 0.3 is 0 Å². The lowest BCUT2D eigenvalue weighted by Crippen LogP contribution is -2.23. The van der Waals surface area contributed by atoms with E-state index in [0.29, 0.717) is 6.54 Å². The quantitative estimate of drug-likeness (QED) is 0.458. The molecule has 0 fully saturated rings. The van der Waals surface area contributed by atoms with Crippen molar-refractivity contribution in [2.75, 3.05) is 0 Å². The average molecular weight is 414 g/mol. The van der Waals surface area contributed by atoms with E-state index in [4.69, 9.17) is 0 Å². The van der Waals surface area contributed by atoms with Crippen molar-refractivity contribution in [3.05, 3.63) is 64.3 Å². The van der Waals surface area contributed by atoms with Crippen LogP contribution in [-0.4, -0.2) is 14.5 Å². The normalized spacial score (nSPS) is 12.7. The van der Waals surface area contributed by atoms with Crippen molar-refractivity contribution in [1.82, 2.24) is 4.57 Å². The summed E-state index contributed by atoms with van der Waals surface area (Å²) in [6.07, 6.45) is 0. The summed E-state index contributed by atoms with van der Waals surface area (Å²) in [5, 5.41) is 14.4. The first-order valence-electron chi connectivity index (χ1n) is 8.03. The molecule has 3 nitrogen and oxygen atoms in total. The zero-order valence-electron chi connectivity index (χ0n) is 13.6. The molecule has 25 heavy (non-hydrogen) atoms. The largest absolute Gasteiger partial charge is 0.507 e. The minimum Gasteiger partial charge on any atom is -0.507 e. The molecule has 0 aliphatic rings. The molecule has 0 saturated heterocycles. The molecule has 4 rings (SSSR count). The first-order chi connectivity index (χ1) is 12.1. The topological polar surface area (TPSA) is 42.2 Å². The number of thiophene rings is 1. The fourth-order valence-electron chi connectivity index (χ4n) is 3.31. The van der Waals surface area contributed by atoms with Crippen molar-refractivity contribution in [1.29, 1.82) is 0 Å². The number of benzene rings is 2. The van der Waals surface area contributed by atoms with Crippen molar-refractivity contribution < 1.29 is 5.11 Å². The zero-order valence-corrected chi connectivity index (χ0v) is 16.0. The van der Waals surface area contributed by atoms with Crippen molar-refractivity contribution in [3.8, 4) is 16.9 Å². The number of alkyl halides is 1. The molecular formula is C20H16BrNO2S. The molecular weight excluding hydrogens is 398 g/mol. The maximum Gasteiger partial charge on any atom is 0.269 e. The number of pyridine rings is 1. The van der Waals surface area contributed by atoms with Crippen molar-refractivity contribution >= 4 is 48.3 Å². The van der Waals surface area contributed by atoms with E-state index < -0.39 is 0 Å². The summed E-state index contributed by atoms with van der Waals surface area (Å²) in [4.78, 5) is 13.1. The predicted octanol–water partition coefficient (Wildman–Crippen LogP) is 5.37. The Labute approximate surface area is 157 Å². The number of phenols is 1. The van der Waals surface area contributed by atoms with Crippen LogP contribution in [0.3, 0.4) is 0 Å². The van der Waals surface area contributed by atoms with E-state index in [1.807, 2.05) is 54.8 Å². The van der Waals surface area contributed by atoms with Gasteiger partial charge in [-0.2, -0.15) is 0 Å². The van der Waals surface area contributed by atoms with Crippen LogP contribution in [0.1, 0.15) is 6.92 Å². The Morgan fingerprint density at radius 1 is 1.16 bits per heavy atom. The third-order valence-corrected chi connectivity index (χ3v) is 5.51. The minimum atomic E-state index is 0.0218. The van der Waals surface area contributed by atoms with Gasteiger partial charge in [-0.1, -0.05) is 53.2 Å². The summed E-state index contributed by atoms with van der Waals surface area (Å²) in [5.74, 6) is 0.225. The fraction of sp³-hybridized carbons (Fsp3) is 0.150. The average Bonchev–Trinajstić information content (AvgIpc) is 3.09. The smallest absolute Gasteiger partial charge is 0.269 e. The van der Waals surface area contributed by atoms with E-state index in [1.165, 1.54) is 11.3 Å². The van der Waals surface area contributed by atoms with Gasteiger partial charge in [-0.25, -0.2) is 0 Å². The molecule has 1 unspecified atom stereocenters. The molecule has 1 N–H and O–H groups in total. The monoisotopic (exact) mass is 413 g/mol. The molecule has 126 valence electrons. The van der Waals surface area contributed by atoms with Gasteiger partial charge in [-0.15, -0.1) is 11.3 Å². The van der Waals surface area contributed by atoms with Crippen LogP contribution in [0, 0.1) is 0 Å². The second-order valence-corrected chi connectivity index (χ2v) is 8.56. The molecule has 0 spiro atoms. The Morgan fingerprint density at radius 2 is 1.92 bits per heavy atom. The second kappa shape index (κ2) is 6.32. The van der Waals surface area contributed by atoms with E-state index >= 15 is 0 Å². The lowest BCUT2D eigenvalue weighted by molar-refractivity contribution is 0.478. The number of aromatic hydroxyl groups is 1. The molecule has 0 radical (unpaired) electrons. The molecule has 5 heteroatoms. The van der Waals surface area contributed by atoms with Crippen molar-refractivity contribution in [3.63, 3.8) is 0 Å². The summed E-state index contributed by atoms with van der Waals surface area (Å²) < 4.78 is 2.53. The van der Waals surface area contributed by atoms with Gasteiger partial charge in [-0.3, -0.25) is 4.79 Å². The first kappa shape index (κ1) is 16.4. The van der Waals surface area contributed by atoms with Gasteiger partial charge in [0.05, 0.1) is 5.52 Å². The number of halogens is 1. The van der Waals surface area contributed by atoms with E-state index in [9.17, 15) is 9.90 Å². The van der Waals surface area contributed by atoms with Crippen LogP contribution < -0.4 is 5.56 Å². The van der Waals surface area contributed by atoms with Gasteiger partial charge in [0.25, 0.3) is 5.56 Å². The Morgan fingerprint density at radius 3 is 2.64 bits per heavy atom. The molecule has 0 aliphatic carbocycles. The van der Waals surface area contributed by atoms with Gasteiger partial charge in [-0.05, 0) is 29.1 Å². The number of nitrogens with zero attached hydrogens (tertiary/aromatic N) is 1. The standard InChI is InChI=1S/C20H16BrNO2S/c1-12(21)11-22-15-7-8-16(23)17(13-5-3-2-4-6-13)18(15)14-9-10-25-19(14)20(22)24/h2-10,12,23H,11H2,1H3. The highest BCUT2D eigenvalue weighted by molar-refractivity contribution is 9.09. The zero-order chi connectivity index (χ0) is 17.6. The molecule has 0 amide bonds. The van der Waals surface area contributed by atoms with E-state index in [1.54, 1.807) is 10.6 Å². The van der Waals surface area contributed by atoms with Gasteiger partial charge in [0.15, 0.2) is 0 Å². The lowest BCUT2D eigenvalue weighted by atomic mass is 9.97. The van der Waals surface area contributed by atoms with Crippen LogP contribution >= 0.6 is 27.3 Å². The number of phenolic OH excluding ortho intramolecular Hbond substituents is 1. The van der Waals surface area contributed by atoms with Gasteiger partial charge in [0.2, 0.25) is 0 Å². The van der Waals surface area contributed by atoms with Gasteiger partial charge < -0.3 is 9.67 Å². The Balaban J connectivity index is 2.22. The Bertz CT molecular complexity index is 1130. The second-order valence-electron chi connectivity index (χ2n) is 6.08. The van der Waals surface area contributed by atoms with E-state index in [-0.39, 0.29) is 16.1 Å². The summed E-state index contributed by atoms with van der Waals surface area (Å²) in [5.41, 5.74) is 2.58. The van der Waals surface area contributed by atoms with Crippen LogP contribution in [0.2, 0.25) is 0 Å². The van der Waals surface area contributed by atoms with Gasteiger partial charge in [0, 0.05) is 27.7 Å². The van der Waals surface area contributed by atoms with Crippen LogP contribution in [0.5, 0.6) is 5.75 Å². The summed E-state index contributed by atoms with van der Waals surface area (Å²) in [7, 11) is 0. The lowest BCUT2D eigenvalue weighted by Gasteiger charge is -2.16. The van der Waals surface area contributed by atoms with Crippen molar-refractivity contribution in [2.24, 2.45) is 0 Å². The molecule has 4 aromatic rings. The predicted molar refractivity (Wildman–Crippen MR) is 109 cm³/mol. The van der Waals surface area contributed by atoms with E-state index in [2.05, 4.69) is 15.9 Å². The third-order valence-electron chi connectivity index (χ3n) is 4.32. The molecule has 2 aromatic heterocycles. The SMILES string of the molecule is CC(Br)Cn1c(=O)c2sccc2c2c(-c3ccccc3)c(O)ccc21. The number of aromatic nitrogens is 1. The maximum atomic E-state index is 13.0. The number of hydrogen-bond acceptors (Lipinski definition) is 3. The third kappa shape index (κ3) is 2.68. The molecule has 0 saturated carbocycles. The summed E-state index contributed by atoms with van der Waals surface area (Å²) in [6, 6.07) is 15.3. The van der Waals surface area contributed by atoms with Crippen LogP contribution in [0.25, 0.3) is 32.1 Å². The summed E-state index contributed by atoms with van der Waals surface area (Å²) >= 11 is 5.01. The van der Waals surface area contributed by atoms with Crippen LogP contribution in [0.15, 0.2) is 58.7 Å². The highest BCUT2D eigenvalue weighted by atomic mass is 79.9. The highest BCUT2D eigenvalue weighted by Crippen LogP contribution is 2.40. The first-order valence-corrected chi connectivity index (χ1v) is 9.82. The number of rotatable bonds is 3. The molecule has 2 aromatic carbocycles. The van der Waals surface area contributed by atoms with Crippen molar-refractivity contribution in [2.45, 2.75) is 18.3 Å². The van der Waals surface area contributed by atoms with Gasteiger partial charge in [0.1, 0.15) is 10.4 Å². The Kier molecular flexibility index (Phi) is 4.13. The Hall–Kier alpha value is -2.11. The number of fused-ring (bicyclic) bond motifs is 3. The molecule has 2 heterocycles. The van der Waals surface area contributed by atoms with Crippen LogP contribution in [0.4, 0.5) is 0 Å².